The van der Waals surface area contributed by atoms with Gasteiger partial charge in [0.1, 0.15) is 23.9 Å². The van der Waals surface area contributed by atoms with Gasteiger partial charge in [-0.2, -0.15) is 0 Å². The molecule has 152 valence electrons. The van der Waals surface area contributed by atoms with Crippen LogP contribution in [0.25, 0.3) is 0 Å². The number of nitrogens with one attached hydrogen (secondary N) is 1. The van der Waals surface area contributed by atoms with Gasteiger partial charge in [0.25, 0.3) is 5.91 Å². The molecule has 5 nitrogen and oxygen atoms in total. The molecule has 0 saturated heterocycles. The van der Waals surface area contributed by atoms with E-state index in [2.05, 4.69) is 24.3 Å². The van der Waals surface area contributed by atoms with Gasteiger partial charge in [-0.15, -0.1) is 0 Å². The van der Waals surface area contributed by atoms with Gasteiger partial charge in [0.15, 0.2) is 5.76 Å². The Morgan fingerprint density at radius 3 is 2.82 bits per heavy atom. The Morgan fingerprint density at radius 2 is 2.07 bits per heavy atom. The van der Waals surface area contributed by atoms with Crippen LogP contribution in [0.5, 0.6) is 5.75 Å². The number of amides is 1. The van der Waals surface area contributed by atoms with Crippen LogP contribution in [0.2, 0.25) is 5.02 Å². The zero-order chi connectivity index (χ0) is 20.1. The summed E-state index contributed by atoms with van der Waals surface area (Å²) in [7, 11) is 4.11. The topological polar surface area (TPSA) is 54.7 Å². The first kappa shape index (κ1) is 20.7. The Morgan fingerprint density at radius 1 is 1.29 bits per heavy atom. The standard InChI is InChI=1S/C21H26ClFN2O3/c1-25(2)12-14-5-3-4-6-18(14)24-21(26)20-10-8-16(28-20)13-27-19-9-7-15(23)11-17(19)22/h7-11,14,18H,3-6,12-13H2,1-2H3,(H,24,26). The van der Waals surface area contributed by atoms with Crippen LogP contribution in [0.4, 0.5) is 4.39 Å². The minimum Gasteiger partial charge on any atom is -0.484 e. The van der Waals surface area contributed by atoms with Crippen LogP contribution in [-0.2, 0) is 6.61 Å². The number of nitrogens with zero attached hydrogens (tertiary/aromatic N) is 1. The number of ether oxygens (including phenoxy) is 1. The molecule has 0 aliphatic heterocycles. The van der Waals surface area contributed by atoms with Crippen LogP contribution < -0.4 is 10.1 Å². The molecule has 2 atom stereocenters. The molecule has 28 heavy (non-hydrogen) atoms. The molecule has 1 aliphatic rings. The van der Waals surface area contributed by atoms with Gasteiger partial charge in [-0.05, 0) is 63.2 Å². The number of halogens is 2. The van der Waals surface area contributed by atoms with Crippen molar-refractivity contribution in [2.45, 2.75) is 38.3 Å². The number of benzene rings is 1. The number of carbonyl (C=O) groups is 1. The highest BCUT2D eigenvalue weighted by molar-refractivity contribution is 6.32. The summed E-state index contributed by atoms with van der Waals surface area (Å²) < 4.78 is 24.3. The Balaban J connectivity index is 1.57. The van der Waals surface area contributed by atoms with Gasteiger partial charge in [-0.1, -0.05) is 24.4 Å². The van der Waals surface area contributed by atoms with Crippen molar-refractivity contribution >= 4 is 17.5 Å². The lowest BCUT2D eigenvalue weighted by molar-refractivity contribution is 0.0863. The third-order valence-electron chi connectivity index (χ3n) is 4.97. The number of carbonyl (C=O) groups excluding carboxylic acids is 1. The molecule has 1 amide bonds. The van der Waals surface area contributed by atoms with Gasteiger partial charge in [0.05, 0.1) is 5.02 Å². The first-order valence-corrected chi connectivity index (χ1v) is 9.92. The molecule has 0 bridgehead atoms. The molecule has 3 rings (SSSR count). The molecule has 2 unspecified atom stereocenters. The van der Waals surface area contributed by atoms with Gasteiger partial charge in [-0.3, -0.25) is 4.79 Å². The maximum atomic E-state index is 13.1. The third kappa shape index (κ3) is 5.49. The number of hydrogen-bond acceptors (Lipinski definition) is 4. The average Bonchev–Trinajstić information content (AvgIpc) is 3.11. The summed E-state index contributed by atoms with van der Waals surface area (Å²) in [5.74, 6) is 0.939. The first-order chi connectivity index (χ1) is 13.4. The molecule has 1 saturated carbocycles. The minimum absolute atomic E-state index is 0.102. The Hall–Kier alpha value is -2.05. The zero-order valence-electron chi connectivity index (χ0n) is 16.2. The lowest BCUT2D eigenvalue weighted by Crippen LogP contribution is -2.45. The first-order valence-electron chi connectivity index (χ1n) is 9.54. The summed E-state index contributed by atoms with van der Waals surface area (Å²) in [6.07, 6.45) is 4.45. The van der Waals surface area contributed by atoms with Gasteiger partial charge in [0, 0.05) is 12.6 Å². The van der Waals surface area contributed by atoms with E-state index in [0.717, 1.165) is 25.8 Å². The van der Waals surface area contributed by atoms with Crippen LogP contribution >= 0.6 is 11.6 Å². The van der Waals surface area contributed by atoms with Crippen LogP contribution in [-0.4, -0.2) is 37.5 Å². The summed E-state index contributed by atoms with van der Waals surface area (Å²) in [5.41, 5.74) is 0. The SMILES string of the molecule is CN(C)CC1CCCCC1NC(=O)c1ccc(COc2ccc(F)cc2Cl)o1. The van der Waals surface area contributed by atoms with E-state index in [1.807, 2.05) is 0 Å². The zero-order valence-corrected chi connectivity index (χ0v) is 17.0. The summed E-state index contributed by atoms with van der Waals surface area (Å²) >= 11 is 5.95. The number of hydrogen-bond donors (Lipinski definition) is 1. The maximum absolute atomic E-state index is 13.1. The Labute approximate surface area is 169 Å². The minimum atomic E-state index is -0.426. The second-order valence-corrected chi connectivity index (χ2v) is 7.92. The van der Waals surface area contributed by atoms with Gasteiger partial charge >= 0.3 is 0 Å². The fourth-order valence-corrected chi connectivity index (χ4v) is 3.87. The second-order valence-electron chi connectivity index (χ2n) is 7.52. The molecule has 0 spiro atoms. The molecular formula is C21H26ClFN2O3. The van der Waals surface area contributed by atoms with E-state index in [9.17, 15) is 9.18 Å². The summed E-state index contributed by atoms with van der Waals surface area (Å²) in [6.45, 7) is 1.06. The normalized spacial score (nSPS) is 19.6. The molecule has 0 radical (unpaired) electrons. The predicted molar refractivity (Wildman–Crippen MR) is 106 cm³/mol. The molecule has 1 heterocycles. The Bertz CT molecular complexity index is 809. The molecular weight excluding hydrogens is 383 g/mol. The summed E-state index contributed by atoms with van der Waals surface area (Å²) in [6, 6.07) is 7.42. The fraction of sp³-hybridized carbons (Fsp3) is 0.476. The summed E-state index contributed by atoms with van der Waals surface area (Å²) in [4.78, 5) is 14.8. The average molecular weight is 409 g/mol. The van der Waals surface area contributed by atoms with Crippen molar-refractivity contribution in [2.24, 2.45) is 5.92 Å². The third-order valence-corrected chi connectivity index (χ3v) is 5.27. The molecule has 7 heteroatoms. The van der Waals surface area contributed by atoms with Gasteiger partial charge in [-0.25, -0.2) is 4.39 Å². The molecule has 1 N–H and O–H groups in total. The quantitative estimate of drug-likeness (QED) is 0.732. The van der Waals surface area contributed by atoms with Crippen molar-refractivity contribution in [3.8, 4) is 5.75 Å². The van der Waals surface area contributed by atoms with Crippen LogP contribution in [0.1, 0.15) is 42.0 Å². The Kier molecular flexibility index (Phi) is 6.97. The van der Waals surface area contributed by atoms with E-state index in [-0.39, 0.29) is 29.3 Å². The number of rotatable bonds is 7. The van der Waals surface area contributed by atoms with E-state index < -0.39 is 5.82 Å². The molecule has 1 fully saturated rings. The van der Waals surface area contributed by atoms with Crippen molar-refractivity contribution < 1.29 is 18.3 Å². The predicted octanol–water partition coefficient (Wildman–Crippen LogP) is 4.50. The van der Waals surface area contributed by atoms with E-state index in [0.29, 0.717) is 17.4 Å². The van der Waals surface area contributed by atoms with Crippen molar-refractivity contribution in [3.63, 3.8) is 0 Å². The van der Waals surface area contributed by atoms with Crippen molar-refractivity contribution in [1.29, 1.82) is 0 Å². The van der Waals surface area contributed by atoms with Crippen molar-refractivity contribution in [3.05, 3.63) is 52.7 Å². The molecule has 1 aromatic heterocycles. The number of furan rings is 1. The summed E-state index contributed by atoms with van der Waals surface area (Å²) in [5, 5.41) is 3.32. The maximum Gasteiger partial charge on any atom is 0.287 e. The lowest BCUT2D eigenvalue weighted by atomic mass is 9.84. The van der Waals surface area contributed by atoms with Gasteiger partial charge in [0.2, 0.25) is 0 Å². The second kappa shape index (κ2) is 9.43. The van der Waals surface area contributed by atoms with E-state index in [4.69, 9.17) is 20.8 Å². The fourth-order valence-electron chi connectivity index (χ4n) is 3.64. The van der Waals surface area contributed by atoms with Crippen molar-refractivity contribution in [2.75, 3.05) is 20.6 Å². The van der Waals surface area contributed by atoms with E-state index in [1.165, 1.54) is 24.6 Å². The molecule has 1 aromatic carbocycles. The van der Waals surface area contributed by atoms with E-state index in [1.54, 1.807) is 12.1 Å². The highest BCUT2D eigenvalue weighted by Gasteiger charge is 2.28. The van der Waals surface area contributed by atoms with Gasteiger partial charge < -0.3 is 19.4 Å². The van der Waals surface area contributed by atoms with Crippen LogP contribution in [0.15, 0.2) is 34.7 Å². The molecule has 1 aliphatic carbocycles. The highest BCUT2D eigenvalue weighted by atomic mass is 35.5. The molecule has 2 aromatic rings. The monoisotopic (exact) mass is 408 g/mol. The lowest BCUT2D eigenvalue weighted by Gasteiger charge is -2.33. The smallest absolute Gasteiger partial charge is 0.287 e. The highest BCUT2D eigenvalue weighted by Crippen LogP contribution is 2.27. The van der Waals surface area contributed by atoms with Crippen LogP contribution in [0.3, 0.4) is 0 Å². The van der Waals surface area contributed by atoms with Crippen LogP contribution in [0, 0.1) is 11.7 Å². The van der Waals surface area contributed by atoms with E-state index >= 15 is 0 Å². The largest absolute Gasteiger partial charge is 0.484 e. The van der Waals surface area contributed by atoms with Crippen molar-refractivity contribution in [1.82, 2.24) is 10.2 Å².